The van der Waals surface area contributed by atoms with Gasteiger partial charge in [-0.2, -0.15) is 0 Å². The van der Waals surface area contributed by atoms with Crippen LogP contribution in [0.15, 0.2) is 60.7 Å². The molecule has 1 unspecified atom stereocenters. The summed E-state index contributed by atoms with van der Waals surface area (Å²) in [6.07, 6.45) is -1.95. The molecular weight excluding hydrogens is 522 g/mol. The van der Waals surface area contributed by atoms with E-state index in [2.05, 4.69) is 16.0 Å². The zero-order chi connectivity index (χ0) is 30.8. The van der Waals surface area contributed by atoms with Gasteiger partial charge < -0.3 is 36.0 Å². The fourth-order valence-corrected chi connectivity index (χ4v) is 4.07. The lowest BCUT2D eigenvalue weighted by atomic mass is 9.77. The van der Waals surface area contributed by atoms with Gasteiger partial charge in [0.25, 0.3) is 5.91 Å². The lowest BCUT2D eigenvalue weighted by Crippen LogP contribution is -2.59. The van der Waals surface area contributed by atoms with Crippen molar-refractivity contribution in [2.45, 2.75) is 96.8 Å². The monoisotopic (exact) mass is 571 g/mol. The van der Waals surface area contributed by atoms with Crippen LogP contribution in [0.3, 0.4) is 0 Å². The third-order valence-electron chi connectivity index (χ3n) is 7.15. The van der Waals surface area contributed by atoms with E-state index in [-0.39, 0.29) is 13.1 Å². The van der Waals surface area contributed by atoms with E-state index in [0.29, 0.717) is 12.8 Å². The van der Waals surface area contributed by atoms with Crippen molar-refractivity contribution in [3.8, 4) is 0 Å². The quantitative estimate of drug-likeness (QED) is 0.217. The average molecular weight is 572 g/mol. The second kappa shape index (κ2) is 14.8. The summed E-state index contributed by atoms with van der Waals surface area (Å²) in [5.74, 6) is -0.575. The van der Waals surface area contributed by atoms with Crippen LogP contribution in [0.25, 0.3) is 0 Å². The predicted molar refractivity (Wildman–Crippen MR) is 160 cm³/mol. The van der Waals surface area contributed by atoms with E-state index in [1.54, 1.807) is 41.5 Å². The zero-order valence-electron chi connectivity index (χ0n) is 25.5. The van der Waals surface area contributed by atoms with E-state index in [9.17, 15) is 24.9 Å². The molecule has 6 N–H and O–H groups in total. The number of amides is 2. The van der Waals surface area contributed by atoms with Crippen molar-refractivity contribution < 1.29 is 29.6 Å². The van der Waals surface area contributed by atoms with Crippen LogP contribution < -0.4 is 16.0 Å². The Kier molecular flexibility index (Phi) is 12.3. The molecule has 2 rings (SSSR count). The number of alkyl carbamates (subject to hydrolysis) is 1. The van der Waals surface area contributed by atoms with Crippen molar-refractivity contribution in [1.82, 2.24) is 16.0 Å². The zero-order valence-corrected chi connectivity index (χ0v) is 25.5. The molecule has 2 aromatic rings. The topological polar surface area (TPSA) is 140 Å². The van der Waals surface area contributed by atoms with Crippen LogP contribution in [0.1, 0.15) is 59.6 Å². The van der Waals surface area contributed by atoms with Gasteiger partial charge in [0.15, 0.2) is 0 Å². The maximum absolute atomic E-state index is 13.1. The number of ether oxygens (including phenoxy) is 1. The van der Waals surface area contributed by atoms with Crippen molar-refractivity contribution >= 4 is 12.0 Å². The second-order valence-electron chi connectivity index (χ2n) is 12.8. The van der Waals surface area contributed by atoms with E-state index in [0.717, 1.165) is 11.1 Å². The molecule has 0 saturated heterocycles. The first-order valence-electron chi connectivity index (χ1n) is 14.2. The van der Waals surface area contributed by atoms with Crippen molar-refractivity contribution in [2.24, 2.45) is 5.41 Å². The summed E-state index contributed by atoms with van der Waals surface area (Å²) in [7, 11) is 0. The van der Waals surface area contributed by atoms with Gasteiger partial charge in [0.1, 0.15) is 11.2 Å². The summed E-state index contributed by atoms with van der Waals surface area (Å²) in [5.41, 5.74) is -1.23. The number of aliphatic hydroxyl groups excluding tert-OH is 2. The molecule has 0 radical (unpaired) electrons. The number of hydrogen-bond donors (Lipinski definition) is 6. The number of carbonyl (C=O) groups excluding carboxylic acids is 2. The Balaban J connectivity index is 2.09. The summed E-state index contributed by atoms with van der Waals surface area (Å²) in [5, 5.41) is 41.7. The van der Waals surface area contributed by atoms with Gasteiger partial charge in [-0.25, -0.2) is 4.79 Å². The van der Waals surface area contributed by atoms with E-state index in [1.165, 1.54) is 6.92 Å². The minimum atomic E-state index is -1.66. The number of nitrogens with one attached hydrogen (secondary N) is 3. The van der Waals surface area contributed by atoms with Crippen molar-refractivity contribution in [3.63, 3.8) is 0 Å². The van der Waals surface area contributed by atoms with Crippen LogP contribution in [0.2, 0.25) is 0 Å². The number of rotatable bonds is 13. The molecule has 2 aromatic carbocycles. The van der Waals surface area contributed by atoms with Crippen LogP contribution in [0.5, 0.6) is 0 Å². The summed E-state index contributed by atoms with van der Waals surface area (Å²) in [6.45, 7) is 12.2. The maximum Gasteiger partial charge on any atom is 0.407 e. The highest BCUT2D eigenvalue weighted by Gasteiger charge is 2.43. The Morgan fingerprint density at radius 1 is 0.732 bits per heavy atom. The van der Waals surface area contributed by atoms with Crippen molar-refractivity contribution in [3.05, 3.63) is 71.8 Å². The molecule has 0 spiro atoms. The summed E-state index contributed by atoms with van der Waals surface area (Å²) in [6, 6.07) is 17.6. The molecule has 0 aromatic heterocycles. The molecule has 0 aliphatic carbocycles. The molecule has 0 aliphatic heterocycles. The number of hydrogen-bond acceptors (Lipinski definition) is 7. The first-order chi connectivity index (χ1) is 19.0. The Morgan fingerprint density at radius 3 is 1.54 bits per heavy atom. The van der Waals surface area contributed by atoms with Crippen LogP contribution in [-0.2, 0) is 22.4 Å². The highest BCUT2D eigenvalue weighted by Crippen LogP contribution is 2.30. The van der Waals surface area contributed by atoms with E-state index >= 15 is 0 Å². The first-order valence-corrected chi connectivity index (χ1v) is 14.2. The molecule has 9 heteroatoms. The van der Waals surface area contributed by atoms with E-state index in [1.807, 2.05) is 60.7 Å². The van der Waals surface area contributed by atoms with Gasteiger partial charge in [-0.3, -0.25) is 4.79 Å². The van der Waals surface area contributed by atoms with Gasteiger partial charge in [-0.1, -0.05) is 81.4 Å². The van der Waals surface area contributed by atoms with Crippen LogP contribution in [-0.4, -0.2) is 75.9 Å². The van der Waals surface area contributed by atoms with Crippen LogP contribution >= 0.6 is 0 Å². The molecule has 0 saturated carbocycles. The number of aliphatic hydroxyl groups is 3. The summed E-state index contributed by atoms with van der Waals surface area (Å²) < 4.78 is 5.39. The molecule has 2 amide bonds. The minimum Gasteiger partial charge on any atom is -0.444 e. The van der Waals surface area contributed by atoms with Crippen molar-refractivity contribution in [1.29, 1.82) is 0 Å². The molecule has 9 nitrogen and oxygen atoms in total. The van der Waals surface area contributed by atoms with Gasteiger partial charge >= 0.3 is 6.09 Å². The van der Waals surface area contributed by atoms with Crippen molar-refractivity contribution in [2.75, 3.05) is 13.1 Å². The SMILES string of the molecule is CC(C)(C)OC(=O)N[C@@H](Cc1ccccc1)[C@H](O)CNC[C@@H](O)[C@H](Cc1ccccc1)NC(=O)C(C)(O)C(C)(C)C. The molecule has 5 atom stereocenters. The summed E-state index contributed by atoms with van der Waals surface area (Å²) in [4.78, 5) is 25.6. The van der Waals surface area contributed by atoms with Crippen LogP contribution in [0.4, 0.5) is 4.79 Å². The standard InChI is InChI=1S/C32H49N3O6/c1-30(2,3)32(7,40)28(38)34-24(18-22-14-10-8-11-15-22)26(36)20-33-21-27(37)25(19-23-16-12-9-13-17-23)35-29(39)41-31(4,5)6/h8-17,24-27,33,36-37,40H,18-21H2,1-7H3,(H,34,38)(H,35,39)/t24-,25-,26+,27+,32?/m0/s1. The molecule has 0 heterocycles. The minimum absolute atomic E-state index is 0.0526. The maximum atomic E-state index is 13.1. The first kappa shape index (κ1) is 34.2. The van der Waals surface area contributed by atoms with E-state index in [4.69, 9.17) is 4.74 Å². The van der Waals surface area contributed by atoms with Gasteiger partial charge in [-0.15, -0.1) is 0 Å². The molecule has 0 bridgehead atoms. The fraction of sp³-hybridized carbons (Fsp3) is 0.562. The summed E-state index contributed by atoms with van der Waals surface area (Å²) >= 11 is 0. The normalized spacial score (nSPS) is 16.5. The third kappa shape index (κ3) is 11.4. The highest BCUT2D eigenvalue weighted by molar-refractivity contribution is 5.85. The van der Waals surface area contributed by atoms with Gasteiger partial charge in [0, 0.05) is 13.1 Å². The van der Waals surface area contributed by atoms with Gasteiger partial charge in [-0.05, 0) is 57.1 Å². The largest absolute Gasteiger partial charge is 0.444 e. The molecule has 228 valence electrons. The lowest BCUT2D eigenvalue weighted by molar-refractivity contribution is -0.150. The molecular formula is C32H49N3O6. The van der Waals surface area contributed by atoms with E-state index < -0.39 is 52.9 Å². The average Bonchev–Trinajstić information content (AvgIpc) is 2.87. The molecule has 0 aliphatic rings. The Morgan fingerprint density at radius 2 is 1.15 bits per heavy atom. The predicted octanol–water partition coefficient (Wildman–Crippen LogP) is 2.96. The highest BCUT2D eigenvalue weighted by atomic mass is 16.6. The Hall–Kier alpha value is -2.98. The Labute approximate surface area is 244 Å². The fourth-order valence-electron chi connectivity index (χ4n) is 4.07. The van der Waals surface area contributed by atoms with Gasteiger partial charge in [0.05, 0.1) is 24.3 Å². The van der Waals surface area contributed by atoms with Gasteiger partial charge in [0.2, 0.25) is 0 Å². The Bertz CT molecular complexity index is 1080. The second-order valence-corrected chi connectivity index (χ2v) is 12.8. The third-order valence-corrected chi connectivity index (χ3v) is 7.15. The number of benzene rings is 2. The van der Waals surface area contributed by atoms with Crippen LogP contribution in [0, 0.1) is 5.41 Å². The number of carbonyl (C=O) groups is 2. The molecule has 0 fully saturated rings. The lowest BCUT2D eigenvalue weighted by Gasteiger charge is -2.37. The molecule has 41 heavy (non-hydrogen) atoms. The smallest absolute Gasteiger partial charge is 0.407 e.